The van der Waals surface area contributed by atoms with Crippen molar-refractivity contribution in [3.63, 3.8) is 0 Å². The summed E-state index contributed by atoms with van der Waals surface area (Å²) < 4.78 is 55.0. The fourth-order valence-electron chi connectivity index (χ4n) is 2.99. The molecular formula is C17H15F2N5O2S. The van der Waals surface area contributed by atoms with E-state index in [2.05, 4.69) is 15.1 Å². The second kappa shape index (κ2) is 6.46. The van der Waals surface area contributed by atoms with Gasteiger partial charge in [0.2, 0.25) is 10.0 Å². The molecule has 10 heteroatoms. The lowest BCUT2D eigenvalue weighted by molar-refractivity contribution is 0.250. The number of halogens is 2. The maximum atomic E-state index is 13.9. The summed E-state index contributed by atoms with van der Waals surface area (Å²) >= 11 is 0. The molecule has 140 valence electrons. The summed E-state index contributed by atoms with van der Waals surface area (Å²) in [4.78, 5) is 7.78. The van der Waals surface area contributed by atoms with Crippen LogP contribution in [0.1, 0.15) is 11.7 Å². The Labute approximate surface area is 154 Å². The first-order chi connectivity index (χ1) is 12.9. The van der Waals surface area contributed by atoms with E-state index in [4.69, 9.17) is 0 Å². The lowest BCUT2D eigenvalue weighted by atomic mass is 10.0. The zero-order valence-electron chi connectivity index (χ0n) is 14.2. The van der Waals surface area contributed by atoms with Crippen LogP contribution < -0.4 is 0 Å². The van der Waals surface area contributed by atoms with Gasteiger partial charge in [0.15, 0.2) is 5.82 Å². The molecule has 1 aliphatic rings. The Hall–Kier alpha value is -2.72. The van der Waals surface area contributed by atoms with Crippen LogP contribution in [0.2, 0.25) is 0 Å². The number of nitrogens with zero attached hydrogens (tertiary/aromatic N) is 5. The van der Waals surface area contributed by atoms with Gasteiger partial charge in [-0.2, -0.15) is 9.40 Å². The number of pyridine rings is 1. The fraction of sp³-hybridized carbons (Fsp3) is 0.235. The fourth-order valence-corrected chi connectivity index (χ4v) is 4.59. The van der Waals surface area contributed by atoms with E-state index in [9.17, 15) is 17.2 Å². The van der Waals surface area contributed by atoms with Crippen molar-refractivity contribution in [1.82, 2.24) is 24.1 Å². The first kappa shape index (κ1) is 17.7. The standard InChI is InChI=1S/C17H15F2N5O2S/c1-23-17(21-16(22-23)11-4-6-20-7-5-11)12-9-24(10-12)27(25,26)15-8-13(18)2-3-14(15)19/h2-8,12H,9-10H2,1H3. The molecular weight excluding hydrogens is 376 g/mol. The lowest BCUT2D eigenvalue weighted by Crippen LogP contribution is -2.49. The van der Waals surface area contributed by atoms with Gasteiger partial charge >= 0.3 is 0 Å². The van der Waals surface area contributed by atoms with E-state index in [0.717, 1.165) is 22.0 Å². The van der Waals surface area contributed by atoms with Gasteiger partial charge in [0.05, 0.1) is 0 Å². The molecule has 0 unspecified atom stereocenters. The third-order valence-electron chi connectivity index (χ3n) is 4.46. The van der Waals surface area contributed by atoms with Gasteiger partial charge in [-0.25, -0.2) is 22.2 Å². The van der Waals surface area contributed by atoms with Gasteiger partial charge in [0.25, 0.3) is 0 Å². The minimum atomic E-state index is -4.10. The molecule has 0 saturated carbocycles. The zero-order valence-corrected chi connectivity index (χ0v) is 15.1. The van der Waals surface area contributed by atoms with Crippen LogP contribution in [0.5, 0.6) is 0 Å². The summed E-state index contributed by atoms with van der Waals surface area (Å²) in [5.74, 6) is -0.800. The lowest BCUT2D eigenvalue weighted by Gasteiger charge is -2.37. The van der Waals surface area contributed by atoms with Crippen molar-refractivity contribution in [2.24, 2.45) is 7.05 Å². The van der Waals surface area contributed by atoms with Crippen LogP contribution in [-0.4, -0.2) is 45.6 Å². The number of sulfonamides is 1. The molecule has 3 heterocycles. The Morgan fingerprint density at radius 2 is 1.81 bits per heavy atom. The van der Waals surface area contributed by atoms with Gasteiger partial charge in [-0.05, 0) is 30.3 Å². The van der Waals surface area contributed by atoms with E-state index in [1.165, 1.54) is 0 Å². The predicted octanol–water partition coefficient (Wildman–Crippen LogP) is 1.94. The molecule has 0 aliphatic carbocycles. The first-order valence-electron chi connectivity index (χ1n) is 8.13. The van der Waals surface area contributed by atoms with Gasteiger partial charge in [0, 0.05) is 44.0 Å². The second-order valence-electron chi connectivity index (χ2n) is 6.25. The number of aromatic nitrogens is 4. The topological polar surface area (TPSA) is 81.0 Å². The van der Waals surface area contributed by atoms with Crippen molar-refractivity contribution in [3.8, 4) is 11.4 Å². The van der Waals surface area contributed by atoms with Crippen LogP contribution in [0.4, 0.5) is 8.78 Å². The molecule has 3 aromatic rings. The maximum Gasteiger partial charge on any atom is 0.246 e. The highest BCUT2D eigenvalue weighted by atomic mass is 32.2. The van der Waals surface area contributed by atoms with Crippen LogP contribution in [0.25, 0.3) is 11.4 Å². The molecule has 1 fully saturated rings. The van der Waals surface area contributed by atoms with Crippen molar-refractivity contribution in [2.45, 2.75) is 10.8 Å². The smallest absolute Gasteiger partial charge is 0.246 e. The van der Waals surface area contributed by atoms with Gasteiger partial charge in [-0.1, -0.05) is 0 Å². The Balaban J connectivity index is 1.55. The summed E-state index contributed by atoms with van der Waals surface area (Å²) in [6.45, 7) is 0.251. The summed E-state index contributed by atoms with van der Waals surface area (Å²) in [6, 6.07) is 5.95. The Morgan fingerprint density at radius 1 is 1.11 bits per heavy atom. The van der Waals surface area contributed by atoms with Crippen LogP contribution in [0.15, 0.2) is 47.6 Å². The van der Waals surface area contributed by atoms with Gasteiger partial charge in [0.1, 0.15) is 22.4 Å². The minimum absolute atomic E-state index is 0.126. The molecule has 2 aromatic heterocycles. The van der Waals surface area contributed by atoms with Crippen LogP contribution >= 0.6 is 0 Å². The maximum absolute atomic E-state index is 13.9. The third-order valence-corrected chi connectivity index (χ3v) is 6.31. The van der Waals surface area contributed by atoms with Gasteiger partial charge in [-0.15, -0.1) is 0 Å². The Morgan fingerprint density at radius 3 is 2.52 bits per heavy atom. The highest BCUT2D eigenvalue weighted by Crippen LogP contribution is 2.32. The molecule has 7 nitrogen and oxygen atoms in total. The highest BCUT2D eigenvalue weighted by Gasteiger charge is 2.41. The van der Waals surface area contributed by atoms with E-state index in [0.29, 0.717) is 17.7 Å². The largest absolute Gasteiger partial charge is 0.265 e. The zero-order chi connectivity index (χ0) is 19.2. The van der Waals surface area contributed by atoms with Crippen LogP contribution in [0.3, 0.4) is 0 Å². The SMILES string of the molecule is Cn1nc(-c2ccncc2)nc1C1CN(S(=O)(=O)c2cc(F)ccc2F)C1. The molecule has 1 aliphatic heterocycles. The number of hydrogen-bond donors (Lipinski definition) is 0. The normalized spacial score (nSPS) is 15.7. The van der Waals surface area contributed by atoms with E-state index < -0.39 is 26.6 Å². The van der Waals surface area contributed by atoms with E-state index in [1.54, 1.807) is 36.3 Å². The Bertz CT molecular complexity index is 1100. The summed E-state index contributed by atoms with van der Waals surface area (Å²) in [5.41, 5.74) is 0.803. The van der Waals surface area contributed by atoms with Gasteiger partial charge < -0.3 is 0 Å². The third kappa shape index (κ3) is 3.10. The molecule has 1 saturated heterocycles. The molecule has 27 heavy (non-hydrogen) atoms. The van der Waals surface area contributed by atoms with Crippen molar-refractivity contribution in [3.05, 3.63) is 60.2 Å². The average Bonchev–Trinajstić information content (AvgIpc) is 2.98. The highest BCUT2D eigenvalue weighted by molar-refractivity contribution is 7.89. The molecule has 0 bridgehead atoms. The molecule has 0 amide bonds. The number of hydrogen-bond acceptors (Lipinski definition) is 5. The monoisotopic (exact) mass is 391 g/mol. The molecule has 0 radical (unpaired) electrons. The van der Waals surface area contributed by atoms with E-state index in [-0.39, 0.29) is 19.0 Å². The van der Waals surface area contributed by atoms with Crippen molar-refractivity contribution in [2.75, 3.05) is 13.1 Å². The summed E-state index contributed by atoms with van der Waals surface area (Å²) in [7, 11) is -2.37. The van der Waals surface area contributed by atoms with E-state index in [1.807, 2.05) is 0 Å². The number of benzene rings is 1. The van der Waals surface area contributed by atoms with Crippen molar-refractivity contribution < 1.29 is 17.2 Å². The van der Waals surface area contributed by atoms with Crippen LogP contribution in [0, 0.1) is 11.6 Å². The van der Waals surface area contributed by atoms with Crippen molar-refractivity contribution in [1.29, 1.82) is 0 Å². The Kier molecular flexibility index (Phi) is 4.23. The first-order valence-corrected chi connectivity index (χ1v) is 9.57. The quantitative estimate of drug-likeness (QED) is 0.679. The van der Waals surface area contributed by atoms with Crippen LogP contribution in [-0.2, 0) is 17.1 Å². The van der Waals surface area contributed by atoms with Gasteiger partial charge in [-0.3, -0.25) is 9.67 Å². The number of aryl methyl sites for hydroxylation is 1. The minimum Gasteiger partial charge on any atom is -0.265 e. The summed E-state index contributed by atoms with van der Waals surface area (Å²) in [6.07, 6.45) is 3.27. The molecule has 1 aromatic carbocycles. The number of rotatable bonds is 4. The second-order valence-corrected chi connectivity index (χ2v) is 8.15. The van der Waals surface area contributed by atoms with Crippen molar-refractivity contribution >= 4 is 10.0 Å². The molecule has 0 spiro atoms. The molecule has 0 atom stereocenters. The average molecular weight is 391 g/mol. The van der Waals surface area contributed by atoms with E-state index >= 15 is 0 Å². The molecule has 4 rings (SSSR count). The predicted molar refractivity (Wildman–Crippen MR) is 92.1 cm³/mol. The summed E-state index contributed by atoms with van der Waals surface area (Å²) in [5, 5.41) is 4.36. The molecule has 0 N–H and O–H groups in total.